The van der Waals surface area contributed by atoms with E-state index in [1.165, 1.54) is 0 Å². The molecule has 0 aromatic carbocycles. The molecule has 0 bridgehead atoms. The van der Waals surface area contributed by atoms with Crippen molar-refractivity contribution in [2.75, 3.05) is 0 Å². The summed E-state index contributed by atoms with van der Waals surface area (Å²) in [5.74, 6) is 0. The van der Waals surface area contributed by atoms with E-state index in [1.54, 1.807) is 0 Å². The Balaban J connectivity index is 2.50. The minimum atomic E-state index is -1.06. The SMILES string of the molecule is OC1CCCC(O)C(O)C(O)CC1. The third-order valence-electron chi connectivity index (χ3n) is 2.62. The summed E-state index contributed by atoms with van der Waals surface area (Å²) in [6.07, 6.45) is -0.650. The maximum Gasteiger partial charge on any atom is 0.106 e. The summed E-state index contributed by atoms with van der Waals surface area (Å²) in [6, 6.07) is 0. The first-order valence-electron chi connectivity index (χ1n) is 4.83. The lowest BCUT2D eigenvalue weighted by Crippen LogP contribution is -2.36. The predicted molar refractivity (Wildman–Crippen MR) is 47.1 cm³/mol. The van der Waals surface area contributed by atoms with Crippen molar-refractivity contribution in [2.24, 2.45) is 0 Å². The van der Waals surface area contributed by atoms with E-state index in [2.05, 4.69) is 0 Å². The average molecular weight is 190 g/mol. The molecule has 1 saturated carbocycles. The number of hydrogen-bond acceptors (Lipinski definition) is 4. The largest absolute Gasteiger partial charge is 0.393 e. The second kappa shape index (κ2) is 4.91. The first-order chi connectivity index (χ1) is 6.11. The molecular formula is C9H18O4. The number of hydrogen-bond donors (Lipinski definition) is 4. The Labute approximate surface area is 77.8 Å². The van der Waals surface area contributed by atoms with E-state index >= 15 is 0 Å². The van der Waals surface area contributed by atoms with Gasteiger partial charge in [0.15, 0.2) is 0 Å². The van der Waals surface area contributed by atoms with Crippen molar-refractivity contribution in [2.45, 2.75) is 56.5 Å². The van der Waals surface area contributed by atoms with Crippen molar-refractivity contribution in [3.05, 3.63) is 0 Å². The van der Waals surface area contributed by atoms with Crippen LogP contribution in [0.3, 0.4) is 0 Å². The molecule has 1 aliphatic rings. The van der Waals surface area contributed by atoms with Crippen LogP contribution in [-0.4, -0.2) is 44.8 Å². The van der Waals surface area contributed by atoms with Gasteiger partial charge < -0.3 is 20.4 Å². The standard InChI is InChI=1S/C9H18O4/c10-6-2-1-3-7(11)9(13)8(12)5-4-6/h6-13H,1-5H2. The quantitative estimate of drug-likeness (QED) is 0.411. The molecule has 4 atom stereocenters. The molecule has 4 nitrogen and oxygen atoms in total. The fraction of sp³-hybridized carbons (Fsp3) is 1.00. The van der Waals surface area contributed by atoms with E-state index < -0.39 is 24.4 Å². The van der Waals surface area contributed by atoms with Crippen molar-refractivity contribution in [1.82, 2.24) is 0 Å². The molecule has 0 spiro atoms. The first kappa shape index (κ1) is 10.9. The summed E-state index contributed by atoms with van der Waals surface area (Å²) < 4.78 is 0. The van der Waals surface area contributed by atoms with Crippen molar-refractivity contribution >= 4 is 0 Å². The number of aliphatic hydroxyl groups excluding tert-OH is 4. The molecule has 0 aliphatic heterocycles. The van der Waals surface area contributed by atoms with Gasteiger partial charge in [0, 0.05) is 0 Å². The van der Waals surface area contributed by atoms with Gasteiger partial charge in [-0.05, 0) is 32.1 Å². The molecule has 0 aromatic rings. The summed E-state index contributed by atoms with van der Waals surface area (Å²) in [5.41, 5.74) is 0. The summed E-state index contributed by atoms with van der Waals surface area (Å²) >= 11 is 0. The van der Waals surface area contributed by atoms with E-state index in [0.717, 1.165) is 0 Å². The summed E-state index contributed by atoms with van der Waals surface area (Å²) in [6.45, 7) is 0. The van der Waals surface area contributed by atoms with Crippen LogP contribution in [0.5, 0.6) is 0 Å². The molecule has 0 heterocycles. The normalized spacial score (nSPS) is 43.4. The van der Waals surface area contributed by atoms with Gasteiger partial charge in [-0.2, -0.15) is 0 Å². The Bertz CT molecular complexity index is 151. The van der Waals surface area contributed by atoms with Gasteiger partial charge in [-0.25, -0.2) is 0 Å². The van der Waals surface area contributed by atoms with Gasteiger partial charge in [0.05, 0.1) is 18.3 Å². The molecule has 1 rings (SSSR count). The van der Waals surface area contributed by atoms with Crippen LogP contribution in [0.1, 0.15) is 32.1 Å². The molecule has 78 valence electrons. The highest BCUT2D eigenvalue weighted by Crippen LogP contribution is 2.18. The minimum Gasteiger partial charge on any atom is -0.393 e. The van der Waals surface area contributed by atoms with Crippen LogP contribution in [-0.2, 0) is 0 Å². The fourth-order valence-electron chi connectivity index (χ4n) is 1.67. The van der Waals surface area contributed by atoms with Gasteiger partial charge in [0.1, 0.15) is 6.10 Å². The zero-order valence-corrected chi connectivity index (χ0v) is 7.63. The summed E-state index contributed by atoms with van der Waals surface area (Å²) in [5, 5.41) is 37.5. The molecule has 0 radical (unpaired) electrons. The Morgan fingerprint density at radius 2 is 1.31 bits per heavy atom. The molecule has 0 saturated heterocycles. The Hall–Kier alpha value is -0.160. The maximum absolute atomic E-state index is 9.38. The van der Waals surface area contributed by atoms with Gasteiger partial charge in [0.2, 0.25) is 0 Å². The van der Waals surface area contributed by atoms with Crippen LogP contribution in [0.2, 0.25) is 0 Å². The highest BCUT2D eigenvalue weighted by atomic mass is 16.4. The Morgan fingerprint density at radius 3 is 2.00 bits per heavy atom. The second-order valence-corrected chi connectivity index (χ2v) is 3.79. The van der Waals surface area contributed by atoms with Crippen LogP contribution in [0.15, 0.2) is 0 Å². The van der Waals surface area contributed by atoms with Crippen LogP contribution < -0.4 is 0 Å². The van der Waals surface area contributed by atoms with Gasteiger partial charge >= 0.3 is 0 Å². The molecule has 4 unspecified atom stereocenters. The average Bonchev–Trinajstić information content (AvgIpc) is 2.15. The van der Waals surface area contributed by atoms with Gasteiger partial charge in [-0.3, -0.25) is 0 Å². The van der Waals surface area contributed by atoms with E-state index in [0.29, 0.717) is 32.1 Å². The van der Waals surface area contributed by atoms with Crippen LogP contribution >= 0.6 is 0 Å². The van der Waals surface area contributed by atoms with Crippen molar-refractivity contribution in [3.8, 4) is 0 Å². The third-order valence-corrected chi connectivity index (χ3v) is 2.62. The molecule has 0 amide bonds. The zero-order valence-electron chi connectivity index (χ0n) is 7.63. The lowest BCUT2D eigenvalue weighted by molar-refractivity contribution is -0.0639. The molecule has 1 aliphatic carbocycles. The van der Waals surface area contributed by atoms with Crippen LogP contribution in [0.4, 0.5) is 0 Å². The van der Waals surface area contributed by atoms with Crippen molar-refractivity contribution in [3.63, 3.8) is 0 Å². The number of rotatable bonds is 0. The lowest BCUT2D eigenvalue weighted by Gasteiger charge is -2.21. The monoisotopic (exact) mass is 190 g/mol. The predicted octanol–water partition coefficient (Wildman–Crippen LogP) is -0.606. The van der Waals surface area contributed by atoms with Crippen molar-refractivity contribution in [1.29, 1.82) is 0 Å². The van der Waals surface area contributed by atoms with E-state index in [4.69, 9.17) is 0 Å². The van der Waals surface area contributed by atoms with Gasteiger partial charge in [-0.15, -0.1) is 0 Å². The molecule has 1 fully saturated rings. The lowest BCUT2D eigenvalue weighted by atomic mass is 10.0. The van der Waals surface area contributed by atoms with Crippen molar-refractivity contribution < 1.29 is 20.4 Å². The van der Waals surface area contributed by atoms with Gasteiger partial charge in [0.25, 0.3) is 0 Å². The minimum absolute atomic E-state index is 0.347. The van der Waals surface area contributed by atoms with E-state index in [1.807, 2.05) is 0 Å². The highest BCUT2D eigenvalue weighted by molar-refractivity contribution is 4.78. The Kier molecular flexibility index (Phi) is 4.12. The smallest absolute Gasteiger partial charge is 0.106 e. The first-order valence-corrected chi connectivity index (χ1v) is 4.83. The molecular weight excluding hydrogens is 172 g/mol. The fourth-order valence-corrected chi connectivity index (χ4v) is 1.67. The maximum atomic E-state index is 9.38. The molecule has 4 heteroatoms. The zero-order chi connectivity index (χ0) is 9.84. The summed E-state index contributed by atoms with van der Waals surface area (Å²) in [7, 11) is 0. The topological polar surface area (TPSA) is 80.9 Å². The number of aliphatic hydroxyl groups is 4. The molecule has 13 heavy (non-hydrogen) atoms. The van der Waals surface area contributed by atoms with Crippen LogP contribution in [0.25, 0.3) is 0 Å². The van der Waals surface area contributed by atoms with E-state index in [9.17, 15) is 20.4 Å². The third kappa shape index (κ3) is 3.23. The highest BCUT2D eigenvalue weighted by Gasteiger charge is 2.26. The van der Waals surface area contributed by atoms with Gasteiger partial charge in [-0.1, -0.05) is 0 Å². The molecule has 0 aromatic heterocycles. The molecule has 4 N–H and O–H groups in total. The van der Waals surface area contributed by atoms with E-state index in [-0.39, 0.29) is 0 Å². The summed E-state index contributed by atoms with van der Waals surface area (Å²) in [4.78, 5) is 0. The Morgan fingerprint density at radius 1 is 0.692 bits per heavy atom. The second-order valence-electron chi connectivity index (χ2n) is 3.79. The van der Waals surface area contributed by atoms with Crippen LogP contribution in [0, 0.1) is 0 Å².